The molecular formula is C19H20N2O2S. The molecule has 1 saturated heterocycles. The fraction of sp³-hybridized carbons (Fsp3) is 0.263. The molecule has 24 heavy (non-hydrogen) atoms. The third-order valence-corrected chi connectivity index (χ3v) is 6.72. The molecule has 0 aliphatic carbocycles. The molecule has 124 valence electrons. The summed E-state index contributed by atoms with van der Waals surface area (Å²) in [4.78, 5) is 3.56. The summed E-state index contributed by atoms with van der Waals surface area (Å²) in [6.07, 6.45) is 3.66. The van der Waals surface area contributed by atoms with Gasteiger partial charge in [-0.1, -0.05) is 23.8 Å². The van der Waals surface area contributed by atoms with Crippen molar-refractivity contribution in [1.29, 1.82) is 0 Å². The Morgan fingerprint density at radius 1 is 1.08 bits per heavy atom. The van der Waals surface area contributed by atoms with Crippen molar-refractivity contribution in [2.45, 2.75) is 30.7 Å². The first-order valence-corrected chi connectivity index (χ1v) is 9.65. The molecule has 2 aromatic carbocycles. The molecule has 1 fully saturated rings. The van der Waals surface area contributed by atoms with Gasteiger partial charge in [-0.15, -0.1) is 0 Å². The molecule has 0 unspecified atom stereocenters. The average molecular weight is 340 g/mol. The maximum atomic E-state index is 13.1. The highest BCUT2D eigenvalue weighted by Gasteiger charge is 2.36. The van der Waals surface area contributed by atoms with Gasteiger partial charge in [0.25, 0.3) is 0 Å². The number of sulfonamides is 1. The summed E-state index contributed by atoms with van der Waals surface area (Å²) in [6, 6.07) is 15.2. The molecule has 0 bridgehead atoms. The van der Waals surface area contributed by atoms with Crippen molar-refractivity contribution in [2.75, 3.05) is 6.54 Å². The van der Waals surface area contributed by atoms with Crippen LogP contribution in [0.2, 0.25) is 0 Å². The number of nitrogens with zero attached hydrogens (tertiary/aromatic N) is 1. The number of fused-ring (bicyclic) bond motifs is 1. The van der Waals surface area contributed by atoms with E-state index in [9.17, 15) is 8.42 Å². The van der Waals surface area contributed by atoms with E-state index < -0.39 is 10.0 Å². The normalized spacial score (nSPS) is 19.1. The highest BCUT2D eigenvalue weighted by atomic mass is 32.2. The summed E-state index contributed by atoms with van der Waals surface area (Å²) < 4.78 is 27.8. The van der Waals surface area contributed by atoms with Gasteiger partial charge in [-0.05, 0) is 61.0 Å². The molecule has 0 saturated carbocycles. The second-order valence-corrected chi connectivity index (χ2v) is 8.30. The molecule has 4 nitrogen and oxygen atoms in total. The van der Waals surface area contributed by atoms with Crippen molar-refractivity contribution in [3.8, 4) is 0 Å². The van der Waals surface area contributed by atoms with Crippen molar-refractivity contribution in [3.05, 3.63) is 65.9 Å². The average Bonchev–Trinajstić information content (AvgIpc) is 3.24. The van der Waals surface area contributed by atoms with Crippen LogP contribution in [0.3, 0.4) is 0 Å². The first kappa shape index (κ1) is 15.4. The molecule has 1 aliphatic rings. The van der Waals surface area contributed by atoms with Gasteiger partial charge in [0.2, 0.25) is 10.0 Å². The molecule has 2 heterocycles. The summed E-state index contributed by atoms with van der Waals surface area (Å²) in [7, 11) is -3.47. The van der Waals surface area contributed by atoms with Gasteiger partial charge in [-0.2, -0.15) is 4.31 Å². The molecule has 1 aliphatic heterocycles. The molecule has 0 radical (unpaired) electrons. The van der Waals surface area contributed by atoms with Gasteiger partial charge in [0, 0.05) is 18.3 Å². The zero-order valence-electron chi connectivity index (χ0n) is 13.6. The van der Waals surface area contributed by atoms with Crippen LogP contribution >= 0.6 is 0 Å². The Balaban J connectivity index is 1.72. The molecular weight excluding hydrogens is 320 g/mol. The number of aromatic amines is 1. The number of hydrogen-bond acceptors (Lipinski definition) is 2. The fourth-order valence-electron chi connectivity index (χ4n) is 3.49. The zero-order valence-corrected chi connectivity index (χ0v) is 14.4. The highest BCUT2D eigenvalue weighted by Crippen LogP contribution is 2.37. The van der Waals surface area contributed by atoms with E-state index in [2.05, 4.69) is 11.1 Å². The van der Waals surface area contributed by atoms with Crippen LogP contribution in [0.4, 0.5) is 0 Å². The van der Waals surface area contributed by atoms with Gasteiger partial charge >= 0.3 is 0 Å². The van der Waals surface area contributed by atoms with Crippen LogP contribution in [0.1, 0.15) is 30.0 Å². The van der Waals surface area contributed by atoms with Crippen molar-refractivity contribution >= 4 is 20.9 Å². The van der Waals surface area contributed by atoms with E-state index in [0.717, 1.165) is 34.9 Å². The number of benzene rings is 2. The van der Waals surface area contributed by atoms with Gasteiger partial charge in [-0.3, -0.25) is 0 Å². The summed E-state index contributed by atoms with van der Waals surface area (Å²) in [5, 5.41) is 1.12. The standard InChI is InChI=1S/C19H20N2O2S/c1-14-4-7-17(8-5-14)24(22,23)21-12-2-3-19(21)16-6-9-18-15(13-16)10-11-20-18/h4-11,13,19-20H,2-3,12H2,1H3/t19-/m0/s1. The second kappa shape index (κ2) is 5.76. The Morgan fingerprint density at radius 2 is 1.88 bits per heavy atom. The van der Waals surface area contributed by atoms with Gasteiger partial charge in [-0.25, -0.2) is 8.42 Å². The zero-order chi connectivity index (χ0) is 16.7. The van der Waals surface area contributed by atoms with E-state index in [1.54, 1.807) is 16.4 Å². The van der Waals surface area contributed by atoms with Crippen LogP contribution in [0.25, 0.3) is 10.9 Å². The SMILES string of the molecule is Cc1ccc(S(=O)(=O)N2CCC[C@H]2c2ccc3[nH]ccc3c2)cc1. The Kier molecular flexibility index (Phi) is 3.70. The van der Waals surface area contributed by atoms with Crippen LogP contribution in [0.5, 0.6) is 0 Å². The van der Waals surface area contributed by atoms with E-state index >= 15 is 0 Å². The van der Waals surface area contributed by atoms with Crippen LogP contribution < -0.4 is 0 Å². The number of hydrogen-bond donors (Lipinski definition) is 1. The molecule has 1 atom stereocenters. The maximum Gasteiger partial charge on any atom is 0.243 e. The number of nitrogens with one attached hydrogen (secondary N) is 1. The number of aryl methyl sites for hydroxylation is 1. The molecule has 1 N–H and O–H groups in total. The van der Waals surface area contributed by atoms with Crippen LogP contribution in [-0.4, -0.2) is 24.3 Å². The summed E-state index contributed by atoms with van der Waals surface area (Å²) in [5.74, 6) is 0. The molecule has 5 heteroatoms. The van der Waals surface area contributed by atoms with E-state index in [4.69, 9.17) is 0 Å². The van der Waals surface area contributed by atoms with Crippen LogP contribution in [0, 0.1) is 6.92 Å². The van der Waals surface area contributed by atoms with E-state index in [1.165, 1.54) is 0 Å². The van der Waals surface area contributed by atoms with Crippen LogP contribution in [0.15, 0.2) is 59.6 Å². The number of rotatable bonds is 3. The highest BCUT2D eigenvalue weighted by molar-refractivity contribution is 7.89. The lowest BCUT2D eigenvalue weighted by Gasteiger charge is -2.24. The second-order valence-electron chi connectivity index (χ2n) is 6.41. The monoisotopic (exact) mass is 340 g/mol. The number of H-pyrrole nitrogens is 1. The Labute approximate surface area is 142 Å². The molecule has 0 spiro atoms. The molecule has 0 amide bonds. The van der Waals surface area contributed by atoms with E-state index in [1.807, 2.05) is 43.5 Å². The maximum absolute atomic E-state index is 13.1. The van der Waals surface area contributed by atoms with Gasteiger partial charge in [0.1, 0.15) is 0 Å². The first-order valence-electron chi connectivity index (χ1n) is 8.21. The van der Waals surface area contributed by atoms with Crippen molar-refractivity contribution in [3.63, 3.8) is 0 Å². The molecule has 4 rings (SSSR count). The largest absolute Gasteiger partial charge is 0.361 e. The fourth-order valence-corrected chi connectivity index (χ4v) is 5.17. The minimum absolute atomic E-state index is 0.0874. The van der Waals surface area contributed by atoms with Gasteiger partial charge in [0.15, 0.2) is 0 Å². The van der Waals surface area contributed by atoms with Crippen molar-refractivity contribution < 1.29 is 8.42 Å². The minimum Gasteiger partial charge on any atom is -0.361 e. The minimum atomic E-state index is -3.47. The van der Waals surface area contributed by atoms with Gasteiger partial charge < -0.3 is 4.98 Å². The topological polar surface area (TPSA) is 53.2 Å². The van der Waals surface area contributed by atoms with Crippen molar-refractivity contribution in [2.24, 2.45) is 0 Å². The Hall–Kier alpha value is -2.11. The number of aromatic nitrogens is 1. The Bertz CT molecular complexity index is 974. The van der Waals surface area contributed by atoms with Gasteiger partial charge in [0.05, 0.1) is 10.9 Å². The summed E-state index contributed by atoms with van der Waals surface area (Å²) in [6.45, 7) is 2.53. The third kappa shape index (κ3) is 2.54. The Morgan fingerprint density at radius 3 is 2.67 bits per heavy atom. The lowest BCUT2D eigenvalue weighted by atomic mass is 10.0. The smallest absolute Gasteiger partial charge is 0.243 e. The van der Waals surface area contributed by atoms with Crippen molar-refractivity contribution in [1.82, 2.24) is 9.29 Å². The molecule has 3 aromatic rings. The molecule has 1 aromatic heterocycles. The lowest BCUT2D eigenvalue weighted by Crippen LogP contribution is -2.30. The predicted octanol–water partition coefficient (Wildman–Crippen LogP) is 4.00. The van der Waals surface area contributed by atoms with E-state index in [0.29, 0.717) is 11.4 Å². The summed E-state index contributed by atoms with van der Waals surface area (Å²) >= 11 is 0. The third-order valence-electron chi connectivity index (χ3n) is 4.79. The van der Waals surface area contributed by atoms with E-state index in [-0.39, 0.29) is 6.04 Å². The lowest BCUT2D eigenvalue weighted by molar-refractivity contribution is 0.397. The summed E-state index contributed by atoms with van der Waals surface area (Å²) in [5.41, 5.74) is 3.20. The quantitative estimate of drug-likeness (QED) is 0.783. The first-order chi connectivity index (χ1) is 11.6. The van der Waals surface area contributed by atoms with Crippen LogP contribution in [-0.2, 0) is 10.0 Å². The predicted molar refractivity (Wildman–Crippen MR) is 95.3 cm³/mol.